The first-order valence-corrected chi connectivity index (χ1v) is 5.55. The van der Waals surface area contributed by atoms with Crippen molar-refractivity contribution in [2.24, 2.45) is 5.73 Å². The number of halogens is 3. The second kappa shape index (κ2) is 6.06. The molecule has 0 saturated heterocycles. The summed E-state index contributed by atoms with van der Waals surface area (Å²) in [5.74, 6) is -0.467. The molecule has 0 fully saturated rings. The van der Waals surface area contributed by atoms with Crippen molar-refractivity contribution in [1.82, 2.24) is 0 Å². The van der Waals surface area contributed by atoms with E-state index in [1.54, 1.807) is 13.0 Å². The molecule has 0 aliphatic carbocycles. The molecule has 6 heteroatoms. The minimum Gasteiger partial charge on any atom is -0.406 e. The summed E-state index contributed by atoms with van der Waals surface area (Å²) in [4.78, 5) is 0. The van der Waals surface area contributed by atoms with Gasteiger partial charge in [0, 0.05) is 0 Å². The van der Waals surface area contributed by atoms with Gasteiger partial charge in [0.15, 0.2) is 0 Å². The first-order chi connectivity index (χ1) is 8.31. The Bertz CT molecular complexity index is 380. The Hall–Kier alpha value is -1.27. The lowest BCUT2D eigenvalue weighted by molar-refractivity contribution is -0.274. The largest absolute Gasteiger partial charge is 0.573 e. The Balaban J connectivity index is 2.86. The van der Waals surface area contributed by atoms with E-state index >= 15 is 0 Å². The zero-order valence-electron chi connectivity index (χ0n) is 9.95. The van der Waals surface area contributed by atoms with Gasteiger partial charge in [0.25, 0.3) is 0 Å². The van der Waals surface area contributed by atoms with Crippen LogP contribution in [-0.4, -0.2) is 24.1 Å². The van der Waals surface area contributed by atoms with E-state index in [2.05, 4.69) is 4.74 Å². The summed E-state index contributed by atoms with van der Waals surface area (Å²) in [5, 5.41) is 9.30. The van der Waals surface area contributed by atoms with Gasteiger partial charge in [-0.05, 0) is 43.5 Å². The molecule has 3 N–H and O–H groups in total. The number of hydrogen-bond donors (Lipinski definition) is 2. The van der Waals surface area contributed by atoms with Gasteiger partial charge in [-0.15, -0.1) is 13.2 Å². The number of ether oxygens (including phenoxy) is 1. The number of benzene rings is 1. The van der Waals surface area contributed by atoms with Gasteiger partial charge in [0.1, 0.15) is 5.75 Å². The standard InChI is InChI=1S/C12H16F3NO2/c1-8(17)5-10(7-16)9-3-2-4-11(6-9)18-12(13,14)15/h2-4,6,8,10,17H,5,7,16H2,1H3. The summed E-state index contributed by atoms with van der Waals surface area (Å²) < 4.78 is 40.1. The van der Waals surface area contributed by atoms with E-state index in [9.17, 15) is 18.3 Å². The maximum Gasteiger partial charge on any atom is 0.573 e. The summed E-state index contributed by atoms with van der Waals surface area (Å²) in [6, 6.07) is 5.67. The minimum absolute atomic E-state index is 0.193. The van der Waals surface area contributed by atoms with Crippen molar-refractivity contribution < 1.29 is 23.0 Å². The van der Waals surface area contributed by atoms with E-state index in [4.69, 9.17) is 5.73 Å². The zero-order chi connectivity index (χ0) is 13.8. The highest BCUT2D eigenvalue weighted by Crippen LogP contribution is 2.27. The van der Waals surface area contributed by atoms with Crippen LogP contribution in [0, 0.1) is 0 Å². The van der Waals surface area contributed by atoms with Crippen LogP contribution in [0.2, 0.25) is 0 Å². The third-order valence-corrected chi connectivity index (χ3v) is 2.47. The average Bonchev–Trinajstić information content (AvgIpc) is 2.23. The van der Waals surface area contributed by atoms with Crippen LogP contribution in [0.15, 0.2) is 24.3 Å². The molecule has 0 aromatic heterocycles. The molecule has 1 aromatic carbocycles. The molecule has 0 aliphatic heterocycles. The van der Waals surface area contributed by atoms with Crippen molar-refractivity contribution >= 4 is 0 Å². The average molecular weight is 263 g/mol. The fourth-order valence-electron chi connectivity index (χ4n) is 1.75. The van der Waals surface area contributed by atoms with Gasteiger partial charge < -0.3 is 15.6 Å². The van der Waals surface area contributed by atoms with E-state index in [-0.39, 0.29) is 18.2 Å². The van der Waals surface area contributed by atoms with Crippen LogP contribution in [0.25, 0.3) is 0 Å². The number of aliphatic hydroxyl groups is 1. The Morgan fingerprint density at radius 2 is 2.06 bits per heavy atom. The Morgan fingerprint density at radius 3 is 2.56 bits per heavy atom. The second-order valence-corrected chi connectivity index (χ2v) is 4.14. The second-order valence-electron chi connectivity index (χ2n) is 4.14. The van der Waals surface area contributed by atoms with Crippen LogP contribution < -0.4 is 10.5 Å². The topological polar surface area (TPSA) is 55.5 Å². The smallest absolute Gasteiger partial charge is 0.406 e. The lowest BCUT2D eigenvalue weighted by Gasteiger charge is -2.18. The highest BCUT2D eigenvalue weighted by atomic mass is 19.4. The minimum atomic E-state index is -4.71. The van der Waals surface area contributed by atoms with Crippen molar-refractivity contribution in [3.8, 4) is 5.75 Å². The molecule has 1 aromatic rings. The molecule has 3 nitrogen and oxygen atoms in total. The van der Waals surface area contributed by atoms with Crippen LogP contribution >= 0.6 is 0 Å². The molecule has 0 saturated carbocycles. The summed E-state index contributed by atoms with van der Waals surface area (Å²) in [5.41, 5.74) is 6.18. The third-order valence-electron chi connectivity index (χ3n) is 2.47. The number of hydrogen-bond acceptors (Lipinski definition) is 3. The molecule has 0 aliphatic rings. The van der Waals surface area contributed by atoms with E-state index in [1.165, 1.54) is 18.2 Å². The Morgan fingerprint density at radius 1 is 1.39 bits per heavy atom. The molecule has 1 rings (SSSR count). The zero-order valence-corrected chi connectivity index (χ0v) is 9.95. The molecule has 18 heavy (non-hydrogen) atoms. The maximum atomic E-state index is 12.1. The fraction of sp³-hybridized carbons (Fsp3) is 0.500. The number of nitrogens with two attached hydrogens (primary N) is 1. The van der Waals surface area contributed by atoms with Crippen LogP contribution in [0.5, 0.6) is 5.75 Å². The molecule has 0 bridgehead atoms. The molecular formula is C12H16F3NO2. The van der Waals surface area contributed by atoms with Gasteiger partial charge >= 0.3 is 6.36 Å². The SMILES string of the molecule is CC(O)CC(CN)c1cccc(OC(F)(F)F)c1. The maximum absolute atomic E-state index is 12.1. The predicted octanol–water partition coefficient (Wildman–Crippen LogP) is 2.40. The molecular weight excluding hydrogens is 247 g/mol. The van der Waals surface area contributed by atoms with E-state index < -0.39 is 12.5 Å². The van der Waals surface area contributed by atoms with Crippen molar-refractivity contribution in [1.29, 1.82) is 0 Å². The molecule has 0 spiro atoms. The highest BCUT2D eigenvalue weighted by molar-refractivity contribution is 5.31. The van der Waals surface area contributed by atoms with Gasteiger partial charge in [-0.2, -0.15) is 0 Å². The molecule has 0 radical (unpaired) electrons. The predicted molar refractivity (Wildman–Crippen MR) is 61.2 cm³/mol. The normalized spacial score (nSPS) is 15.2. The quantitative estimate of drug-likeness (QED) is 0.857. The molecule has 2 atom stereocenters. The first-order valence-electron chi connectivity index (χ1n) is 5.55. The molecule has 102 valence electrons. The summed E-state index contributed by atoms with van der Waals surface area (Å²) in [6.45, 7) is 1.86. The number of alkyl halides is 3. The highest BCUT2D eigenvalue weighted by Gasteiger charge is 2.31. The van der Waals surface area contributed by atoms with Crippen molar-refractivity contribution in [2.75, 3.05) is 6.54 Å². The summed E-state index contributed by atoms with van der Waals surface area (Å²) in [7, 11) is 0. The van der Waals surface area contributed by atoms with Gasteiger partial charge in [0.2, 0.25) is 0 Å². The Labute approximate surface area is 103 Å². The van der Waals surface area contributed by atoms with E-state index in [0.717, 1.165) is 0 Å². The van der Waals surface area contributed by atoms with Gasteiger partial charge in [-0.25, -0.2) is 0 Å². The number of aliphatic hydroxyl groups excluding tert-OH is 1. The molecule has 0 amide bonds. The van der Waals surface area contributed by atoms with Gasteiger partial charge in [-0.1, -0.05) is 12.1 Å². The lowest BCUT2D eigenvalue weighted by Crippen LogP contribution is -2.19. The van der Waals surface area contributed by atoms with Gasteiger partial charge in [0.05, 0.1) is 6.10 Å². The van der Waals surface area contributed by atoms with Crippen LogP contribution in [0.4, 0.5) is 13.2 Å². The number of rotatable bonds is 5. The summed E-state index contributed by atoms with van der Waals surface area (Å²) >= 11 is 0. The van der Waals surface area contributed by atoms with Crippen molar-refractivity contribution in [3.63, 3.8) is 0 Å². The van der Waals surface area contributed by atoms with Crippen LogP contribution in [0.3, 0.4) is 0 Å². The van der Waals surface area contributed by atoms with Crippen LogP contribution in [-0.2, 0) is 0 Å². The molecule has 0 heterocycles. The fourth-order valence-corrected chi connectivity index (χ4v) is 1.75. The first kappa shape index (κ1) is 14.8. The van der Waals surface area contributed by atoms with Gasteiger partial charge in [-0.3, -0.25) is 0 Å². The third kappa shape index (κ3) is 4.93. The summed E-state index contributed by atoms with van der Waals surface area (Å²) in [6.07, 6.45) is -4.88. The van der Waals surface area contributed by atoms with Crippen molar-refractivity contribution in [3.05, 3.63) is 29.8 Å². The van der Waals surface area contributed by atoms with Crippen molar-refractivity contribution in [2.45, 2.75) is 31.7 Å². The Kier molecular flexibility index (Phi) is 4.98. The van der Waals surface area contributed by atoms with Crippen LogP contribution in [0.1, 0.15) is 24.8 Å². The van der Waals surface area contributed by atoms with E-state index in [1.807, 2.05) is 0 Å². The van der Waals surface area contributed by atoms with E-state index in [0.29, 0.717) is 12.0 Å². The molecule has 2 unspecified atom stereocenters. The lowest BCUT2D eigenvalue weighted by atomic mass is 9.93. The monoisotopic (exact) mass is 263 g/mol.